The van der Waals surface area contributed by atoms with Gasteiger partial charge in [0, 0.05) is 6.42 Å². The summed E-state index contributed by atoms with van der Waals surface area (Å²) in [5, 5.41) is 8.95. The molecule has 2 aromatic carbocycles. The van der Waals surface area contributed by atoms with E-state index in [1.165, 1.54) is 0 Å². The summed E-state index contributed by atoms with van der Waals surface area (Å²) in [6.45, 7) is 0. The molecule has 18 heavy (non-hydrogen) atoms. The number of ether oxygens (including phenoxy) is 1. The maximum Gasteiger partial charge on any atom is 0.345 e. The summed E-state index contributed by atoms with van der Waals surface area (Å²) in [7, 11) is 0. The summed E-state index contributed by atoms with van der Waals surface area (Å²) < 4.78 is 5.36. The summed E-state index contributed by atoms with van der Waals surface area (Å²) in [5.74, 6) is -0.227. The van der Waals surface area contributed by atoms with Crippen molar-refractivity contribution in [2.24, 2.45) is 0 Å². The molecule has 3 nitrogen and oxygen atoms in total. The van der Waals surface area contributed by atoms with Gasteiger partial charge in [0.05, 0.1) is 0 Å². The topological polar surface area (TPSA) is 46.5 Å². The number of carboxylic acids is 1. The van der Waals surface area contributed by atoms with E-state index in [0.717, 1.165) is 16.7 Å². The first-order valence-electron chi connectivity index (χ1n) is 5.82. The molecule has 1 heterocycles. The minimum absolute atomic E-state index is 0.436. The van der Waals surface area contributed by atoms with Crippen LogP contribution in [-0.4, -0.2) is 17.2 Å². The lowest BCUT2D eigenvalue weighted by Crippen LogP contribution is -2.24. The normalized spacial score (nSPS) is 17.0. The Morgan fingerprint density at radius 1 is 1.11 bits per heavy atom. The molecule has 0 saturated carbocycles. The van der Waals surface area contributed by atoms with E-state index in [0.29, 0.717) is 12.2 Å². The molecular formula is C15H12O3. The predicted octanol–water partition coefficient (Wildman–Crippen LogP) is 2.74. The van der Waals surface area contributed by atoms with Crippen LogP contribution in [0.5, 0.6) is 5.75 Å². The Bertz CT molecular complexity index is 590. The summed E-state index contributed by atoms with van der Waals surface area (Å²) in [5.41, 5.74) is 3.17. The highest BCUT2D eigenvalue weighted by molar-refractivity contribution is 5.75. The Morgan fingerprint density at radius 2 is 1.89 bits per heavy atom. The van der Waals surface area contributed by atoms with Crippen LogP contribution in [0.1, 0.15) is 5.56 Å². The van der Waals surface area contributed by atoms with Crippen LogP contribution in [0.4, 0.5) is 0 Å². The van der Waals surface area contributed by atoms with Crippen molar-refractivity contribution in [1.82, 2.24) is 0 Å². The zero-order valence-corrected chi connectivity index (χ0v) is 9.67. The molecule has 0 bridgehead atoms. The van der Waals surface area contributed by atoms with Gasteiger partial charge < -0.3 is 9.84 Å². The van der Waals surface area contributed by atoms with Gasteiger partial charge in [-0.15, -0.1) is 0 Å². The van der Waals surface area contributed by atoms with Crippen LogP contribution in [0.25, 0.3) is 11.1 Å². The Balaban J connectivity index is 1.95. The second kappa shape index (κ2) is 4.18. The monoisotopic (exact) mass is 240 g/mol. The molecule has 2 aromatic rings. The first kappa shape index (κ1) is 10.8. The summed E-state index contributed by atoms with van der Waals surface area (Å²) in [6.07, 6.45) is -0.309. The van der Waals surface area contributed by atoms with E-state index in [1.807, 2.05) is 48.5 Å². The molecule has 1 atom stereocenters. The number of hydrogen-bond acceptors (Lipinski definition) is 2. The van der Waals surface area contributed by atoms with Crippen LogP contribution in [-0.2, 0) is 11.2 Å². The fourth-order valence-corrected chi connectivity index (χ4v) is 2.20. The average molecular weight is 240 g/mol. The molecule has 0 saturated heterocycles. The van der Waals surface area contributed by atoms with Crippen LogP contribution in [0.15, 0.2) is 48.5 Å². The third-order valence-electron chi connectivity index (χ3n) is 3.12. The van der Waals surface area contributed by atoms with Gasteiger partial charge in [0.1, 0.15) is 5.75 Å². The van der Waals surface area contributed by atoms with Crippen LogP contribution >= 0.6 is 0 Å². The maximum absolute atomic E-state index is 10.9. The van der Waals surface area contributed by atoms with Gasteiger partial charge >= 0.3 is 5.97 Å². The quantitative estimate of drug-likeness (QED) is 0.877. The molecule has 0 radical (unpaired) electrons. The molecule has 1 aliphatic heterocycles. The fourth-order valence-electron chi connectivity index (χ4n) is 2.20. The van der Waals surface area contributed by atoms with Crippen molar-refractivity contribution >= 4 is 5.97 Å². The first-order valence-corrected chi connectivity index (χ1v) is 5.82. The molecule has 1 N–H and O–H groups in total. The lowest BCUT2D eigenvalue weighted by atomic mass is 10.0. The molecule has 0 fully saturated rings. The molecule has 3 rings (SSSR count). The van der Waals surface area contributed by atoms with Gasteiger partial charge in [-0.2, -0.15) is 0 Å². The third kappa shape index (κ3) is 1.84. The van der Waals surface area contributed by atoms with Crippen molar-refractivity contribution in [2.75, 3.05) is 0 Å². The number of benzene rings is 2. The molecule has 90 valence electrons. The molecule has 1 unspecified atom stereocenters. The van der Waals surface area contributed by atoms with Crippen LogP contribution in [0.2, 0.25) is 0 Å². The average Bonchev–Trinajstić information content (AvgIpc) is 2.82. The summed E-state index contributed by atoms with van der Waals surface area (Å²) in [4.78, 5) is 10.9. The van der Waals surface area contributed by atoms with E-state index in [9.17, 15) is 4.79 Å². The zero-order chi connectivity index (χ0) is 12.5. The molecule has 0 amide bonds. The number of rotatable bonds is 2. The standard InChI is InChI=1S/C15H12O3/c16-15(17)14-9-12-8-11(6-7-13(12)18-14)10-4-2-1-3-5-10/h1-8,14H,9H2,(H,16,17). The molecule has 1 aliphatic rings. The maximum atomic E-state index is 10.9. The van der Waals surface area contributed by atoms with E-state index in [-0.39, 0.29) is 0 Å². The van der Waals surface area contributed by atoms with Gasteiger partial charge in [0.2, 0.25) is 0 Å². The molecule has 0 spiro atoms. The van der Waals surface area contributed by atoms with E-state index in [4.69, 9.17) is 9.84 Å². The Hall–Kier alpha value is -2.29. The van der Waals surface area contributed by atoms with Crippen molar-refractivity contribution in [3.05, 3.63) is 54.1 Å². The van der Waals surface area contributed by atoms with E-state index in [2.05, 4.69) is 0 Å². The number of carboxylic acid groups (broad SMARTS) is 1. The zero-order valence-electron chi connectivity index (χ0n) is 9.67. The van der Waals surface area contributed by atoms with Gasteiger partial charge in [-0.05, 0) is 28.8 Å². The third-order valence-corrected chi connectivity index (χ3v) is 3.12. The van der Waals surface area contributed by atoms with E-state index < -0.39 is 12.1 Å². The molecule has 0 aromatic heterocycles. The van der Waals surface area contributed by atoms with Crippen molar-refractivity contribution in [3.63, 3.8) is 0 Å². The summed E-state index contributed by atoms with van der Waals surface area (Å²) in [6, 6.07) is 15.8. The highest BCUT2D eigenvalue weighted by Gasteiger charge is 2.28. The first-order chi connectivity index (χ1) is 8.74. The van der Waals surface area contributed by atoms with Gasteiger partial charge in [-0.1, -0.05) is 36.4 Å². The molecular weight excluding hydrogens is 228 g/mol. The van der Waals surface area contributed by atoms with Crippen LogP contribution in [0.3, 0.4) is 0 Å². The van der Waals surface area contributed by atoms with Crippen LogP contribution in [0, 0.1) is 0 Å². The summed E-state index contributed by atoms with van der Waals surface area (Å²) >= 11 is 0. The second-order valence-electron chi connectivity index (χ2n) is 4.34. The number of fused-ring (bicyclic) bond motifs is 1. The lowest BCUT2D eigenvalue weighted by molar-refractivity contribution is -0.144. The fraction of sp³-hybridized carbons (Fsp3) is 0.133. The van der Waals surface area contributed by atoms with Crippen LogP contribution < -0.4 is 4.74 Å². The van der Waals surface area contributed by atoms with Crippen molar-refractivity contribution < 1.29 is 14.6 Å². The minimum Gasteiger partial charge on any atom is -0.478 e. The van der Waals surface area contributed by atoms with Gasteiger partial charge in [-0.3, -0.25) is 0 Å². The smallest absolute Gasteiger partial charge is 0.345 e. The highest BCUT2D eigenvalue weighted by Crippen LogP contribution is 2.32. The highest BCUT2D eigenvalue weighted by atomic mass is 16.5. The van der Waals surface area contributed by atoms with Gasteiger partial charge in [0.15, 0.2) is 6.10 Å². The van der Waals surface area contributed by atoms with Gasteiger partial charge in [0.25, 0.3) is 0 Å². The number of hydrogen-bond donors (Lipinski definition) is 1. The number of aliphatic carboxylic acids is 1. The number of carbonyl (C=O) groups is 1. The SMILES string of the molecule is O=C(O)C1Cc2cc(-c3ccccc3)ccc2O1. The van der Waals surface area contributed by atoms with E-state index >= 15 is 0 Å². The largest absolute Gasteiger partial charge is 0.478 e. The molecule has 3 heteroatoms. The second-order valence-corrected chi connectivity index (χ2v) is 4.34. The molecule has 0 aliphatic carbocycles. The van der Waals surface area contributed by atoms with Crippen molar-refractivity contribution in [2.45, 2.75) is 12.5 Å². The van der Waals surface area contributed by atoms with Crippen molar-refractivity contribution in [3.8, 4) is 16.9 Å². The van der Waals surface area contributed by atoms with E-state index in [1.54, 1.807) is 0 Å². The predicted molar refractivity (Wildman–Crippen MR) is 67.6 cm³/mol. The van der Waals surface area contributed by atoms with Gasteiger partial charge in [-0.25, -0.2) is 4.79 Å². The Labute approximate surface area is 105 Å². The van der Waals surface area contributed by atoms with Crippen molar-refractivity contribution in [1.29, 1.82) is 0 Å². The Morgan fingerprint density at radius 3 is 2.61 bits per heavy atom. The Kier molecular flexibility index (Phi) is 2.52. The minimum atomic E-state index is -0.910. The lowest BCUT2D eigenvalue weighted by Gasteiger charge is -2.04.